The van der Waals surface area contributed by atoms with E-state index in [0.717, 1.165) is 16.5 Å². The summed E-state index contributed by atoms with van der Waals surface area (Å²) in [5.74, 6) is -0.131. The number of para-hydroxylation sites is 1. The van der Waals surface area contributed by atoms with E-state index < -0.39 is 5.25 Å². The van der Waals surface area contributed by atoms with Crippen LogP contribution in [0, 0.1) is 0 Å². The summed E-state index contributed by atoms with van der Waals surface area (Å²) in [5.41, 5.74) is 1.31. The second-order valence-corrected chi connectivity index (χ2v) is 8.80. The lowest BCUT2D eigenvalue weighted by Crippen LogP contribution is -2.28. The van der Waals surface area contributed by atoms with E-state index in [0.29, 0.717) is 16.1 Å². The first-order chi connectivity index (χ1) is 14.4. The Balaban J connectivity index is 1.60. The largest absolute Gasteiger partial charge is 0.325 e. The van der Waals surface area contributed by atoms with Gasteiger partial charge in [0.1, 0.15) is 0 Å². The van der Waals surface area contributed by atoms with Gasteiger partial charge in [-0.15, -0.1) is 0 Å². The number of amides is 1. The third-order valence-electron chi connectivity index (χ3n) is 4.96. The summed E-state index contributed by atoms with van der Waals surface area (Å²) < 4.78 is 1.66. The predicted octanol–water partition coefficient (Wildman–Crippen LogP) is 5.25. The fourth-order valence-corrected chi connectivity index (χ4v) is 4.43. The Morgan fingerprint density at radius 2 is 1.67 bits per heavy atom. The van der Waals surface area contributed by atoms with Crippen LogP contribution in [-0.2, 0) is 4.79 Å². The normalized spacial score (nSPS) is 12.4. The van der Waals surface area contributed by atoms with Crippen LogP contribution in [0.15, 0.2) is 76.7 Å². The number of fused-ring (bicyclic) bond motifs is 2. The molecule has 1 amide bonds. The molecule has 0 radical (unpaired) electrons. The highest BCUT2D eigenvalue weighted by atomic mass is 32.2. The van der Waals surface area contributed by atoms with Crippen LogP contribution in [0.2, 0.25) is 0 Å². The van der Waals surface area contributed by atoms with E-state index in [4.69, 9.17) is 0 Å². The Morgan fingerprint density at radius 1 is 0.967 bits per heavy atom. The average molecular weight is 418 g/mol. The average Bonchev–Trinajstić information content (AvgIpc) is 2.73. The van der Waals surface area contributed by atoms with Gasteiger partial charge in [0.2, 0.25) is 5.91 Å². The number of anilines is 1. The molecule has 4 rings (SSSR count). The maximum Gasteiger partial charge on any atom is 0.262 e. The molecular weight excluding hydrogens is 394 g/mol. The highest BCUT2D eigenvalue weighted by Crippen LogP contribution is 2.26. The van der Waals surface area contributed by atoms with Gasteiger partial charge in [-0.25, -0.2) is 4.98 Å². The first-order valence-corrected chi connectivity index (χ1v) is 10.8. The van der Waals surface area contributed by atoms with Crippen LogP contribution >= 0.6 is 11.8 Å². The van der Waals surface area contributed by atoms with E-state index in [9.17, 15) is 9.59 Å². The second kappa shape index (κ2) is 8.32. The maximum absolute atomic E-state index is 13.0. The van der Waals surface area contributed by atoms with Crippen LogP contribution in [0.1, 0.15) is 26.8 Å². The van der Waals surface area contributed by atoms with Crippen LogP contribution in [0.3, 0.4) is 0 Å². The van der Waals surface area contributed by atoms with Gasteiger partial charge in [-0.1, -0.05) is 54.2 Å². The summed E-state index contributed by atoms with van der Waals surface area (Å²) in [6.45, 7) is 5.72. The Hall–Kier alpha value is -3.12. The lowest BCUT2D eigenvalue weighted by Gasteiger charge is -2.18. The number of rotatable bonds is 5. The molecule has 0 fully saturated rings. The van der Waals surface area contributed by atoms with Gasteiger partial charge in [0.15, 0.2) is 5.16 Å². The molecule has 1 heterocycles. The number of carbonyl (C=O) groups is 1. The topological polar surface area (TPSA) is 64.0 Å². The van der Waals surface area contributed by atoms with Crippen molar-refractivity contribution in [3.8, 4) is 0 Å². The first-order valence-electron chi connectivity index (χ1n) is 9.91. The summed E-state index contributed by atoms with van der Waals surface area (Å²) in [4.78, 5) is 30.5. The van der Waals surface area contributed by atoms with E-state index in [2.05, 4.69) is 10.3 Å². The van der Waals surface area contributed by atoms with Crippen LogP contribution < -0.4 is 10.9 Å². The monoisotopic (exact) mass is 417 g/mol. The Bertz CT molecular complexity index is 1300. The number of hydrogen-bond acceptors (Lipinski definition) is 4. The second-order valence-electron chi connectivity index (χ2n) is 7.49. The SMILES string of the molecule is CC(C)n1c(S[C@@H](C)C(=O)Nc2ccc3ccccc3c2)nc2ccccc2c1=O. The summed E-state index contributed by atoms with van der Waals surface area (Å²) >= 11 is 1.30. The molecule has 0 saturated carbocycles. The summed E-state index contributed by atoms with van der Waals surface area (Å²) in [6.07, 6.45) is 0. The molecule has 6 heteroatoms. The summed E-state index contributed by atoms with van der Waals surface area (Å²) in [6, 6.07) is 21.1. The van der Waals surface area contributed by atoms with Crippen molar-refractivity contribution in [2.24, 2.45) is 0 Å². The molecule has 5 nitrogen and oxygen atoms in total. The smallest absolute Gasteiger partial charge is 0.262 e. The Morgan fingerprint density at radius 3 is 2.43 bits per heavy atom. The molecule has 1 aromatic heterocycles. The van der Waals surface area contributed by atoms with Gasteiger partial charge in [0.05, 0.1) is 16.2 Å². The molecule has 1 atom stereocenters. The molecule has 152 valence electrons. The van der Waals surface area contributed by atoms with Gasteiger partial charge in [0, 0.05) is 11.7 Å². The van der Waals surface area contributed by atoms with Crippen molar-refractivity contribution < 1.29 is 4.79 Å². The highest BCUT2D eigenvalue weighted by Gasteiger charge is 2.20. The molecule has 3 aromatic carbocycles. The minimum Gasteiger partial charge on any atom is -0.325 e. The van der Waals surface area contributed by atoms with Crippen molar-refractivity contribution in [2.45, 2.75) is 37.2 Å². The summed E-state index contributed by atoms with van der Waals surface area (Å²) in [5, 5.41) is 5.89. The van der Waals surface area contributed by atoms with Crippen molar-refractivity contribution in [1.82, 2.24) is 9.55 Å². The van der Waals surface area contributed by atoms with Gasteiger partial charge in [-0.2, -0.15) is 0 Å². The van der Waals surface area contributed by atoms with Crippen LogP contribution in [-0.4, -0.2) is 20.7 Å². The molecule has 1 N–H and O–H groups in total. The predicted molar refractivity (Wildman–Crippen MR) is 124 cm³/mol. The standard InChI is InChI=1S/C24H23N3O2S/c1-15(2)27-23(29)20-10-6-7-11-21(20)26-24(27)30-16(3)22(28)25-19-13-12-17-8-4-5-9-18(17)14-19/h4-16H,1-3H3,(H,25,28)/t16-/m0/s1. The van der Waals surface area contributed by atoms with E-state index in [1.54, 1.807) is 10.6 Å². The maximum atomic E-state index is 13.0. The van der Waals surface area contributed by atoms with Gasteiger partial charge < -0.3 is 5.32 Å². The fraction of sp³-hybridized carbons (Fsp3) is 0.208. The number of nitrogens with zero attached hydrogens (tertiary/aromatic N) is 2. The number of benzene rings is 3. The van der Waals surface area contributed by atoms with E-state index in [-0.39, 0.29) is 17.5 Å². The highest BCUT2D eigenvalue weighted by molar-refractivity contribution is 8.00. The quantitative estimate of drug-likeness (QED) is 0.356. The van der Waals surface area contributed by atoms with Gasteiger partial charge in [-0.05, 0) is 55.8 Å². The van der Waals surface area contributed by atoms with Crippen molar-refractivity contribution in [3.05, 3.63) is 77.1 Å². The Labute approximate surface area is 179 Å². The van der Waals surface area contributed by atoms with Crippen molar-refractivity contribution in [2.75, 3.05) is 5.32 Å². The summed E-state index contributed by atoms with van der Waals surface area (Å²) in [7, 11) is 0. The molecular formula is C24H23N3O2S. The van der Waals surface area contributed by atoms with E-state index >= 15 is 0 Å². The van der Waals surface area contributed by atoms with E-state index in [1.807, 2.05) is 81.4 Å². The zero-order valence-corrected chi connectivity index (χ0v) is 17.9. The number of aromatic nitrogens is 2. The molecule has 0 aliphatic rings. The minimum absolute atomic E-state index is 0.0622. The third kappa shape index (κ3) is 3.96. The van der Waals surface area contributed by atoms with Crippen molar-refractivity contribution in [1.29, 1.82) is 0 Å². The molecule has 4 aromatic rings. The van der Waals surface area contributed by atoms with Crippen molar-refractivity contribution >= 4 is 45.0 Å². The molecule has 0 spiro atoms. The molecule has 0 aliphatic carbocycles. The molecule has 0 bridgehead atoms. The van der Waals surface area contributed by atoms with Crippen LogP contribution in [0.4, 0.5) is 5.69 Å². The molecule has 30 heavy (non-hydrogen) atoms. The van der Waals surface area contributed by atoms with Gasteiger partial charge in [-0.3, -0.25) is 14.2 Å². The molecule has 0 unspecified atom stereocenters. The van der Waals surface area contributed by atoms with E-state index in [1.165, 1.54) is 11.8 Å². The van der Waals surface area contributed by atoms with Crippen molar-refractivity contribution in [3.63, 3.8) is 0 Å². The van der Waals surface area contributed by atoms with Crippen LogP contribution in [0.25, 0.3) is 21.7 Å². The molecule has 0 saturated heterocycles. The zero-order valence-electron chi connectivity index (χ0n) is 17.1. The molecule has 0 aliphatic heterocycles. The van der Waals surface area contributed by atoms with Crippen LogP contribution in [0.5, 0.6) is 0 Å². The Kier molecular flexibility index (Phi) is 5.59. The first kappa shape index (κ1) is 20.2. The third-order valence-corrected chi connectivity index (χ3v) is 6.03. The lowest BCUT2D eigenvalue weighted by atomic mass is 10.1. The number of nitrogens with one attached hydrogen (secondary N) is 1. The van der Waals surface area contributed by atoms with Gasteiger partial charge in [0.25, 0.3) is 5.56 Å². The number of hydrogen-bond donors (Lipinski definition) is 1. The lowest BCUT2D eigenvalue weighted by molar-refractivity contribution is -0.115. The fourth-order valence-electron chi connectivity index (χ4n) is 3.39. The van der Waals surface area contributed by atoms with Gasteiger partial charge >= 0.3 is 0 Å². The minimum atomic E-state index is -0.422. The zero-order chi connectivity index (χ0) is 21.3. The number of carbonyl (C=O) groups excluding carboxylic acids is 1. The number of thioether (sulfide) groups is 1.